The van der Waals surface area contributed by atoms with E-state index < -0.39 is 10.0 Å². The van der Waals surface area contributed by atoms with Gasteiger partial charge in [0.2, 0.25) is 15.9 Å². The molecule has 2 N–H and O–H groups in total. The van der Waals surface area contributed by atoms with Gasteiger partial charge in [0.15, 0.2) is 0 Å². The maximum Gasteiger partial charge on any atom is 0.243 e. The van der Waals surface area contributed by atoms with Crippen molar-refractivity contribution in [3.63, 3.8) is 0 Å². The molecule has 18 heavy (non-hydrogen) atoms. The van der Waals surface area contributed by atoms with Crippen LogP contribution in [0.1, 0.15) is 19.3 Å². The second-order valence-electron chi connectivity index (χ2n) is 4.17. The minimum Gasteiger partial charge on any atom is -0.343 e. The lowest BCUT2D eigenvalue weighted by molar-refractivity contribution is -0.129. The van der Waals surface area contributed by atoms with Crippen LogP contribution in [-0.2, 0) is 14.8 Å². The van der Waals surface area contributed by atoms with Crippen molar-refractivity contribution in [3.05, 3.63) is 12.4 Å². The van der Waals surface area contributed by atoms with E-state index in [1.54, 1.807) is 4.90 Å². The van der Waals surface area contributed by atoms with Crippen LogP contribution in [0.15, 0.2) is 17.3 Å². The Morgan fingerprint density at radius 2 is 2.17 bits per heavy atom. The Morgan fingerprint density at radius 3 is 2.78 bits per heavy atom. The smallest absolute Gasteiger partial charge is 0.243 e. The highest BCUT2D eigenvalue weighted by Gasteiger charge is 2.19. The van der Waals surface area contributed by atoms with Crippen LogP contribution in [0.5, 0.6) is 0 Å². The maximum atomic E-state index is 11.7. The zero-order valence-electron chi connectivity index (χ0n) is 9.92. The van der Waals surface area contributed by atoms with Gasteiger partial charge in [-0.3, -0.25) is 9.89 Å². The molecule has 0 atom stereocenters. The average Bonchev–Trinajstić information content (AvgIpc) is 3.02. The Kier molecular flexibility index (Phi) is 3.97. The second kappa shape index (κ2) is 5.49. The summed E-state index contributed by atoms with van der Waals surface area (Å²) < 4.78 is 25.8. The predicted molar refractivity (Wildman–Crippen MR) is 64.2 cm³/mol. The van der Waals surface area contributed by atoms with E-state index in [0.717, 1.165) is 25.9 Å². The fourth-order valence-electron chi connectivity index (χ4n) is 1.89. The Labute approximate surface area is 106 Å². The number of hydrogen-bond acceptors (Lipinski definition) is 4. The summed E-state index contributed by atoms with van der Waals surface area (Å²) in [6, 6.07) is 0. The number of aromatic amines is 1. The van der Waals surface area contributed by atoms with Crippen molar-refractivity contribution >= 4 is 15.9 Å². The molecule has 2 rings (SSSR count). The SMILES string of the molecule is O=C(CCNS(=O)(=O)c1cn[nH]c1)N1CCCC1. The van der Waals surface area contributed by atoms with Crippen molar-refractivity contribution in [2.24, 2.45) is 0 Å². The molecule has 7 nitrogen and oxygen atoms in total. The van der Waals surface area contributed by atoms with Gasteiger partial charge in [0.25, 0.3) is 0 Å². The van der Waals surface area contributed by atoms with E-state index in [2.05, 4.69) is 14.9 Å². The number of nitrogens with one attached hydrogen (secondary N) is 2. The Balaban J connectivity index is 1.80. The molecule has 1 aliphatic rings. The van der Waals surface area contributed by atoms with Gasteiger partial charge in [0.1, 0.15) is 4.90 Å². The molecular formula is C10H16N4O3S. The number of hydrogen-bond donors (Lipinski definition) is 2. The first-order chi connectivity index (χ1) is 8.59. The molecule has 0 aliphatic carbocycles. The summed E-state index contributed by atoms with van der Waals surface area (Å²) in [5.74, 6) is 0.00222. The van der Waals surface area contributed by atoms with Gasteiger partial charge in [-0.15, -0.1) is 0 Å². The van der Waals surface area contributed by atoms with Crippen molar-refractivity contribution in [2.75, 3.05) is 19.6 Å². The van der Waals surface area contributed by atoms with Crippen LogP contribution in [0.25, 0.3) is 0 Å². The van der Waals surface area contributed by atoms with Gasteiger partial charge in [-0.1, -0.05) is 0 Å². The first kappa shape index (κ1) is 13.0. The summed E-state index contributed by atoms with van der Waals surface area (Å²) in [5.41, 5.74) is 0. The second-order valence-corrected chi connectivity index (χ2v) is 5.94. The number of likely N-dealkylation sites (tertiary alicyclic amines) is 1. The highest BCUT2D eigenvalue weighted by atomic mass is 32.2. The molecule has 0 radical (unpaired) electrons. The monoisotopic (exact) mass is 272 g/mol. The third-order valence-corrected chi connectivity index (χ3v) is 4.30. The minimum absolute atomic E-state index is 0.00222. The van der Waals surface area contributed by atoms with E-state index in [1.165, 1.54) is 12.4 Å². The lowest BCUT2D eigenvalue weighted by Gasteiger charge is -2.14. The van der Waals surface area contributed by atoms with Crippen molar-refractivity contribution in [3.8, 4) is 0 Å². The molecule has 1 fully saturated rings. The van der Waals surface area contributed by atoms with Crippen molar-refractivity contribution < 1.29 is 13.2 Å². The van der Waals surface area contributed by atoms with E-state index in [9.17, 15) is 13.2 Å². The van der Waals surface area contributed by atoms with Crippen LogP contribution >= 0.6 is 0 Å². The quantitative estimate of drug-likeness (QED) is 0.769. The molecule has 0 unspecified atom stereocenters. The first-order valence-electron chi connectivity index (χ1n) is 5.86. The van der Waals surface area contributed by atoms with E-state index in [-0.39, 0.29) is 23.8 Å². The highest BCUT2D eigenvalue weighted by Crippen LogP contribution is 2.09. The molecular weight excluding hydrogens is 256 g/mol. The lowest BCUT2D eigenvalue weighted by atomic mass is 10.4. The van der Waals surface area contributed by atoms with E-state index in [0.29, 0.717) is 0 Å². The molecule has 0 saturated carbocycles. The van der Waals surface area contributed by atoms with Gasteiger partial charge in [-0.05, 0) is 12.8 Å². The Morgan fingerprint density at radius 1 is 1.44 bits per heavy atom. The molecule has 100 valence electrons. The average molecular weight is 272 g/mol. The summed E-state index contributed by atoms with van der Waals surface area (Å²) in [7, 11) is -3.55. The number of aromatic nitrogens is 2. The molecule has 2 heterocycles. The molecule has 1 aliphatic heterocycles. The Hall–Kier alpha value is -1.41. The molecule has 1 amide bonds. The molecule has 0 bridgehead atoms. The molecule has 1 aromatic rings. The van der Waals surface area contributed by atoms with Crippen molar-refractivity contribution in [2.45, 2.75) is 24.2 Å². The zero-order chi connectivity index (χ0) is 13.0. The Bertz CT molecular complexity index is 491. The number of rotatable bonds is 5. The number of nitrogens with zero attached hydrogens (tertiary/aromatic N) is 2. The number of sulfonamides is 1. The summed E-state index contributed by atoms with van der Waals surface area (Å²) in [4.78, 5) is 13.5. The molecule has 1 aromatic heterocycles. The fraction of sp³-hybridized carbons (Fsp3) is 0.600. The van der Waals surface area contributed by atoms with Crippen LogP contribution in [0, 0.1) is 0 Å². The van der Waals surface area contributed by atoms with Gasteiger partial charge in [-0.25, -0.2) is 13.1 Å². The third kappa shape index (κ3) is 3.08. The van der Waals surface area contributed by atoms with Gasteiger partial charge in [0.05, 0.1) is 6.20 Å². The summed E-state index contributed by atoms with van der Waals surface area (Å²) in [6.45, 7) is 1.68. The zero-order valence-corrected chi connectivity index (χ0v) is 10.7. The van der Waals surface area contributed by atoms with Gasteiger partial charge in [0, 0.05) is 32.3 Å². The molecule has 8 heteroatoms. The van der Waals surface area contributed by atoms with E-state index in [1.807, 2.05) is 0 Å². The van der Waals surface area contributed by atoms with Gasteiger partial charge in [-0.2, -0.15) is 5.10 Å². The van der Waals surface area contributed by atoms with Gasteiger partial charge < -0.3 is 4.90 Å². The fourth-order valence-corrected chi connectivity index (χ4v) is 2.82. The minimum atomic E-state index is -3.55. The summed E-state index contributed by atoms with van der Waals surface area (Å²) in [6.07, 6.45) is 4.78. The van der Waals surface area contributed by atoms with Gasteiger partial charge >= 0.3 is 0 Å². The van der Waals surface area contributed by atoms with Crippen LogP contribution < -0.4 is 4.72 Å². The number of carbonyl (C=O) groups is 1. The third-order valence-electron chi connectivity index (χ3n) is 2.87. The number of carbonyl (C=O) groups excluding carboxylic acids is 1. The molecule has 0 aromatic carbocycles. The first-order valence-corrected chi connectivity index (χ1v) is 7.34. The topological polar surface area (TPSA) is 95.2 Å². The highest BCUT2D eigenvalue weighted by molar-refractivity contribution is 7.89. The van der Waals surface area contributed by atoms with Crippen molar-refractivity contribution in [1.82, 2.24) is 19.8 Å². The standard InChI is InChI=1S/C10H16N4O3S/c15-10(14-5-1-2-6-14)3-4-13-18(16,17)9-7-11-12-8-9/h7-8,13H,1-6H2,(H,11,12). The van der Waals surface area contributed by atoms with Crippen LogP contribution in [0.4, 0.5) is 0 Å². The van der Waals surface area contributed by atoms with Crippen LogP contribution in [-0.4, -0.2) is 49.1 Å². The predicted octanol–water partition coefficient (Wildman–Crippen LogP) is -0.299. The number of H-pyrrole nitrogens is 1. The van der Waals surface area contributed by atoms with E-state index >= 15 is 0 Å². The lowest BCUT2D eigenvalue weighted by Crippen LogP contribution is -2.32. The van der Waals surface area contributed by atoms with Crippen LogP contribution in [0.2, 0.25) is 0 Å². The summed E-state index contributed by atoms with van der Waals surface area (Å²) >= 11 is 0. The normalized spacial score (nSPS) is 16.1. The van der Waals surface area contributed by atoms with E-state index in [4.69, 9.17) is 0 Å². The van der Waals surface area contributed by atoms with Crippen LogP contribution in [0.3, 0.4) is 0 Å². The molecule has 1 saturated heterocycles. The number of amides is 1. The molecule has 0 spiro atoms. The largest absolute Gasteiger partial charge is 0.343 e. The maximum absolute atomic E-state index is 11.7. The van der Waals surface area contributed by atoms with Crippen molar-refractivity contribution in [1.29, 1.82) is 0 Å². The summed E-state index contributed by atoms with van der Waals surface area (Å²) in [5, 5.41) is 6.01.